The lowest BCUT2D eigenvalue weighted by Crippen LogP contribution is -2.42. The van der Waals surface area contributed by atoms with Gasteiger partial charge in [0.15, 0.2) is 9.84 Å². The average Bonchev–Trinajstić information content (AvgIpc) is 2.78. The van der Waals surface area contributed by atoms with Gasteiger partial charge in [-0.05, 0) is 30.5 Å². The first-order valence-electron chi connectivity index (χ1n) is 7.25. The number of amides is 1. The fourth-order valence-electron chi connectivity index (χ4n) is 2.68. The lowest BCUT2D eigenvalue weighted by molar-refractivity contribution is -0.132. The number of nitrogens with zero attached hydrogens (tertiary/aromatic N) is 1. The molecule has 1 aliphatic heterocycles. The summed E-state index contributed by atoms with van der Waals surface area (Å²) in [5.74, 6) is 0.275. The van der Waals surface area contributed by atoms with Crippen LogP contribution >= 0.6 is 12.4 Å². The third kappa shape index (κ3) is 4.88. The molecule has 0 aliphatic carbocycles. The molecule has 0 saturated carbocycles. The summed E-state index contributed by atoms with van der Waals surface area (Å²) >= 11 is 0. The molecule has 0 radical (unpaired) electrons. The predicted octanol–water partition coefficient (Wildman–Crippen LogP) is 1.66. The SMILES string of the molecule is CCCN(C(=O)Cc1ccc(N)cc1)C1CCS(=O)(=O)C1.Cl. The third-order valence-corrected chi connectivity index (χ3v) is 5.52. The minimum atomic E-state index is -2.98. The van der Waals surface area contributed by atoms with Gasteiger partial charge in [0.05, 0.1) is 17.9 Å². The number of carbonyl (C=O) groups is 1. The maximum atomic E-state index is 12.5. The second-order valence-corrected chi connectivity index (χ2v) is 7.79. The van der Waals surface area contributed by atoms with Gasteiger partial charge in [-0.3, -0.25) is 4.79 Å². The summed E-state index contributed by atoms with van der Waals surface area (Å²) in [5, 5.41) is 0. The number of halogens is 1. The molecule has 0 spiro atoms. The van der Waals surface area contributed by atoms with Crippen molar-refractivity contribution in [2.75, 3.05) is 23.8 Å². The number of carbonyl (C=O) groups excluding carboxylic acids is 1. The Morgan fingerprint density at radius 2 is 1.95 bits per heavy atom. The predicted molar refractivity (Wildman–Crippen MR) is 90.9 cm³/mol. The molecule has 2 N–H and O–H groups in total. The maximum Gasteiger partial charge on any atom is 0.227 e. The van der Waals surface area contributed by atoms with Crippen LogP contribution < -0.4 is 5.73 Å². The zero-order chi connectivity index (χ0) is 15.5. The lowest BCUT2D eigenvalue weighted by atomic mass is 10.1. The van der Waals surface area contributed by atoms with E-state index in [0.717, 1.165) is 12.0 Å². The average molecular weight is 347 g/mol. The molecular formula is C15H23ClN2O3S. The number of hydrogen-bond donors (Lipinski definition) is 1. The van der Waals surface area contributed by atoms with Crippen LogP contribution in [0.15, 0.2) is 24.3 Å². The minimum Gasteiger partial charge on any atom is -0.399 e. The molecule has 1 aromatic rings. The van der Waals surface area contributed by atoms with Gasteiger partial charge in [0, 0.05) is 18.3 Å². The van der Waals surface area contributed by atoms with E-state index in [2.05, 4.69) is 0 Å². The normalized spacial score (nSPS) is 19.4. The third-order valence-electron chi connectivity index (χ3n) is 3.77. The number of sulfone groups is 1. The van der Waals surface area contributed by atoms with E-state index in [4.69, 9.17) is 5.73 Å². The van der Waals surface area contributed by atoms with Crippen molar-refractivity contribution in [3.05, 3.63) is 29.8 Å². The molecular weight excluding hydrogens is 324 g/mol. The van der Waals surface area contributed by atoms with Gasteiger partial charge in [0.1, 0.15) is 0 Å². The van der Waals surface area contributed by atoms with Gasteiger partial charge < -0.3 is 10.6 Å². The molecule has 5 nitrogen and oxygen atoms in total. The van der Waals surface area contributed by atoms with Crippen LogP contribution in [0.25, 0.3) is 0 Å². The second kappa shape index (κ2) is 7.83. The van der Waals surface area contributed by atoms with Gasteiger partial charge in [0.25, 0.3) is 0 Å². The Hall–Kier alpha value is -1.27. The molecule has 1 saturated heterocycles. The summed E-state index contributed by atoms with van der Waals surface area (Å²) in [6.07, 6.45) is 1.66. The van der Waals surface area contributed by atoms with Gasteiger partial charge in [-0.2, -0.15) is 0 Å². The molecule has 1 amide bonds. The van der Waals surface area contributed by atoms with Crippen molar-refractivity contribution in [2.45, 2.75) is 32.2 Å². The summed E-state index contributed by atoms with van der Waals surface area (Å²) in [6.45, 7) is 2.60. The van der Waals surface area contributed by atoms with Gasteiger partial charge in [0.2, 0.25) is 5.91 Å². The number of rotatable bonds is 5. The summed E-state index contributed by atoms with van der Waals surface area (Å²) in [6, 6.07) is 7.04. The highest BCUT2D eigenvalue weighted by molar-refractivity contribution is 7.91. The van der Waals surface area contributed by atoms with Crippen LogP contribution in [0, 0.1) is 0 Å². The Bertz CT molecular complexity index is 602. The molecule has 2 rings (SSSR count). The van der Waals surface area contributed by atoms with Crippen LogP contribution in [0.3, 0.4) is 0 Å². The molecule has 1 aromatic carbocycles. The van der Waals surface area contributed by atoms with E-state index in [0.29, 0.717) is 18.7 Å². The Morgan fingerprint density at radius 3 is 2.45 bits per heavy atom. The number of hydrogen-bond acceptors (Lipinski definition) is 4. The second-order valence-electron chi connectivity index (χ2n) is 5.56. The topological polar surface area (TPSA) is 80.5 Å². The molecule has 1 heterocycles. The van der Waals surface area contributed by atoms with Crippen molar-refractivity contribution in [3.63, 3.8) is 0 Å². The fraction of sp³-hybridized carbons (Fsp3) is 0.533. The molecule has 0 bridgehead atoms. The molecule has 1 aliphatic rings. The first-order valence-corrected chi connectivity index (χ1v) is 9.07. The van der Waals surface area contributed by atoms with Gasteiger partial charge in [-0.1, -0.05) is 19.1 Å². The summed E-state index contributed by atoms with van der Waals surface area (Å²) in [5.41, 5.74) is 7.20. The molecule has 124 valence electrons. The first-order chi connectivity index (χ1) is 9.91. The number of benzene rings is 1. The molecule has 1 atom stereocenters. The highest BCUT2D eigenvalue weighted by atomic mass is 35.5. The zero-order valence-electron chi connectivity index (χ0n) is 12.7. The summed E-state index contributed by atoms with van der Waals surface area (Å²) in [4.78, 5) is 14.2. The molecule has 7 heteroatoms. The highest BCUT2D eigenvalue weighted by Gasteiger charge is 2.34. The van der Waals surface area contributed by atoms with Crippen molar-refractivity contribution in [1.29, 1.82) is 0 Å². The first kappa shape index (κ1) is 18.8. The van der Waals surface area contributed by atoms with E-state index < -0.39 is 9.84 Å². The standard InChI is InChI=1S/C15H22N2O3S.ClH/c1-2-8-17(14-7-9-21(19,20)11-14)15(18)10-12-3-5-13(16)6-4-12;/h3-6,14H,2,7-11,16H2,1H3;1H. The van der Waals surface area contributed by atoms with E-state index >= 15 is 0 Å². The molecule has 22 heavy (non-hydrogen) atoms. The Labute approximate surface area is 138 Å². The summed E-state index contributed by atoms with van der Waals surface area (Å²) < 4.78 is 23.2. The van der Waals surface area contributed by atoms with Crippen molar-refractivity contribution < 1.29 is 13.2 Å². The maximum absolute atomic E-state index is 12.5. The Morgan fingerprint density at radius 1 is 1.32 bits per heavy atom. The smallest absolute Gasteiger partial charge is 0.227 e. The van der Waals surface area contributed by atoms with Crippen LogP contribution in [-0.2, 0) is 21.1 Å². The minimum absolute atomic E-state index is 0. The fourth-order valence-corrected chi connectivity index (χ4v) is 4.42. The quantitative estimate of drug-likeness (QED) is 0.822. The van der Waals surface area contributed by atoms with E-state index in [1.54, 1.807) is 17.0 Å². The van der Waals surface area contributed by atoms with Gasteiger partial charge in [-0.15, -0.1) is 12.4 Å². The number of nitrogen functional groups attached to an aromatic ring is 1. The van der Waals surface area contributed by atoms with Crippen molar-refractivity contribution in [3.8, 4) is 0 Å². The lowest BCUT2D eigenvalue weighted by Gasteiger charge is -2.28. The van der Waals surface area contributed by atoms with Crippen LogP contribution in [-0.4, -0.2) is 43.3 Å². The molecule has 0 aromatic heterocycles. The van der Waals surface area contributed by atoms with E-state index in [1.807, 2.05) is 19.1 Å². The monoisotopic (exact) mass is 346 g/mol. The Balaban J connectivity index is 0.00000242. The van der Waals surface area contributed by atoms with E-state index in [9.17, 15) is 13.2 Å². The Kier molecular flexibility index (Phi) is 6.68. The van der Waals surface area contributed by atoms with E-state index in [1.165, 1.54) is 0 Å². The van der Waals surface area contributed by atoms with Crippen LogP contribution in [0.1, 0.15) is 25.3 Å². The van der Waals surface area contributed by atoms with Crippen molar-refractivity contribution in [2.24, 2.45) is 0 Å². The number of nitrogens with two attached hydrogens (primary N) is 1. The van der Waals surface area contributed by atoms with E-state index in [-0.39, 0.29) is 42.3 Å². The number of anilines is 1. The molecule has 1 unspecified atom stereocenters. The van der Waals surface area contributed by atoms with Crippen molar-refractivity contribution in [1.82, 2.24) is 4.90 Å². The zero-order valence-corrected chi connectivity index (χ0v) is 14.3. The van der Waals surface area contributed by atoms with Crippen molar-refractivity contribution >= 4 is 33.8 Å². The molecule has 1 fully saturated rings. The van der Waals surface area contributed by atoms with Gasteiger partial charge >= 0.3 is 0 Å². The van der Waals surface area contributed by atoms with Gasteiger partial charge in [-0.25, -0.2) is 8.42 Å². The summed E-state index contributed by atoms with van der Waals surface area (Å²) in [7, 11) is -2.98. The van der Waals surface area contributed by atoms with Crippen LogP contribution in [0.4, 0.5) is 5.69 Å². The highest BCUT2D eigenvalue weighted by Crippen LogP contribution is 2.19. The van der Waals surface area contributed by atoms with Crippen LogP contribution in [0.5, 0.6) is 0 Å². The van der Waals surface area contributed by atoms with Crippen LogP contribution in [0.2, 0.25) is 0 Å². The largest absolute Gasteiger partial charge is 0.399 e.